The molecule has 1 atom stereocenters. The Labute approximate surface area is 134 Å². The van der Waals surface area contributed by atoms with Gasteiger partial charge in [-0.25, -0.2) is 0 Å². The molecule has 1 aromatic carbocycles. The smallest absolute Gasteiger partial charge is 0.399 e. The molecule has 0 saturated heterocycles. The average molecular weight is 427 g/mol. The van der Waals surface area contributed by atoms with E-state index in [1.807, 2.05) is 0 Å². The summed E-state index contributed by atoms with van der Waals surface area (Å²) < 4.78 is 44.8. The van der Waals surface area contributed by atoms with Crippen LogP contribution in [0.15, 0.2) is 33.3 Å². The Morgan fingerprint density at radius 1 is 1.29 bits per heavy atom. The minimum atomic E-state index is -4.53. The van der Waals surface area contributed by atoms with Crippen LogP contribution in [0.5, 0.6) is 0 Å². The molecule has 0 radical (unpaired) electrons. The molecule has 0 fully saturated rings. The van der Waals surface area contributed by atoms with Gasteiger partial charge in [0.15, 0.2) is 0 Å². The predicted molar refractivity (Wildman–Crippen MR) is 78.0 cm³/mol. The van der Waals surface area contributed by atoms with Gasteiger partial charge in [0.1, 0.15) is 12.5 Å². The van der Waals surface area contributed by atoms with Gasteiger partial charge in [0.05, 0.1) is 5.52 Å². The predicted octanol–water partition coefficient (Wildman–Crippen LogP) is 4.58. The molecule has 0 saturated carbocycles. The summed E-state index contributed by atoms with van der Waals surface area (Å²) in [7, 11) is 0. The molecule has 2 rings (SSSR count). The van der Waals surface area contributed by atoms with Gasteiger partial charge in [-0.2, -0.15) is 13.2 Å². The number of benzene rings is 1. The van der Waals surface area contributed by atoms with E-state index in [1.165, 1.54) is 6.07 Å². The van der Waals surface area contributed by atoms with Gasteiger partial charge < -0.3 is 4.74 Å². The van der Waals surface area contributed by atoms with E-state index >= 15 is 0 Å². The summed E-state index contributed by atoms with van der Waals surface area (Å²) in [5, 5.41) is 0.550. The lowest BCUT2D eigenvalue weighted by Gasteiger charge is -2.19. The van der Waals surface area contributed by atoms with Crippen molar-refractivity contribution in [1.82, 2.24) is 4.98 Å². The third kappa shape index (κ3) is 3.74. The minimum Gasteiger partial charge on any atom is -0.467 e. The average Bonchev–Trinajstić information content (AvgIpc) is 2.37. The molecule has 0 aliphatic rings. The van der Waals surface area contributed by atoms with E-state index in [2.05, 4.69) is 41.6 Å². The van der Waals surface area contributed by atoms with Crippen molar-refractivity contribution in [3.05, 3.63) is 38.9 Å². The highest BCUT2D eigenvalue weighted by atomic mass is 79.9. The second-order valence-electron chi connectivity index (χ2n) is 4.25. The monoisotopic (exact) mass is 425 g/mol. The zero-order valence-electron chi connectivity index (χ0n) is 10.3. The van der Waals surface area contributed by atoms with Crippen LogP contribution in [0.3, 0.4) is 0 Å². The molecule has 0 aliphatic heterocycles. The Bertz CT molecular complexity index is 676. The van der Waals surface area contributed by atoms with Crippen molar-refractivity contribution in [1.29, 1.82) is 0 Å². The van der Waals surface area contributed by atoms with Gasteiger partial charge in [-0.3, -0.25) is 9.78 Å². The van der Waals surface area contributed by atoms with Gasteiger partial charge in [0.25, 0.3) is 6.47 Å². The van der Waals surface area contributed by atoms with E-state index < -0.39 is 18.7 Å². The van der Waals surface area contributed by atoms with Gasteiger partial charge in [0, 0.05) is 20.5 Å². The molecule has 21 heavy (non-hydrogen) atoms. The highest BCUT2D eigenvalue weighted by molar-refractivity contribution is 9.11. The number of hydrogen-bond donors (Lipinski definition) is 0. The third-order valence-electron chi connectivity index (χ3n) is 2.85. The zero-order chi connectivity index (χ0) is 15.6. The van der Waals surface area contributed by atoms with Crippen molar-refractivity contribution >= 4 is 49.2 Å². The van der Waals surface area contributed by atoms with Crippen LogP contribution in [0.1, 0.15) is 11.5 Å². The Morgan fingerprint density at radius 3 is 2.62 bits per heavy atom. The molecule has 0 N–H and O–H groups in total. The molecule has 1 unspecified atom stereocenters. The fraction of sp³-hybridized carbons (Fsp3) is 0.231. The Morgan fingerprint density at radius 2 is 2.00 bits per heavy atom. The van der Waals surface area contributed by atoms with Gasteiger partial charge in [0.2, 0.25) is 0 Å². The molecule has 0 amide bonds. The number of rotatable bonds is 4. The first-order valence-corrected chi connectivity index (χ1v) is 7.28. The molecule has 0 bridgehead atoms. The van der Waals surface area contributed by atoms with Crippen LogP contribution in [0.4, 0.5) is 13.2 Å². The van der Waals surface area contributed by atoms with E-state index in [-0.39, 0.29) is 12.0 Å². The highest BCUT2D eigenvalue weighted by Gasteiger charge is 2.41. The third-order valence-corrected chi connectivity index (χ3v) is 3.91. The van der Waals surface area contributed by atoms with Crippen LogP contribution in [-0.2, 0) is 9.53 Å². The minimum absolute atomic E-state index is 0.000389. The first-order valence-electron chi connectivity index (χ1n) is 5.69. The molecular formula is C13H8Br2F3NO2. The van der Waals surface area contributed by atoms with Gasteiger partial charge in [-0.05, 0) is 39.7 Å². The van der Waals surface area contributed by atoms with E-state index in [0.29, 0.717) is 19.8 Å². The number of aromatic nitrogens is 1. The van der Waals surface area contributed by atoms with Crippen LogP contribution in [0.2, 0.25) is 0 Å². The fourth-order valence-corrected chi connectivity index (χ4v) is 3.25. The number of ether oxygens (including phenoxy) is 1. The second-order valence-corrected chi connectivity index (χ2v) is 6.02. The Kier molecular flexibility index (Phi) is 4.88. The number of alkyl halides is 3. The summed E-state index contributed by atoms with van der Waals surface area (Å²) in [5.74, 6) is -1.91. The van der Waals surface area contributed by atoms with Crippen molar-refractivity contribution in [2.75, 3.05) is 6.61 Å². The van der Waals surface area contributed by atoms with Crippen LogP contribution in [-0.4, -0.2) is 24.2 Å². The van der Waals surface area contributed by atoms with Crippen molar-refractivity contribution in [3.8, 4) is 0 Å². The molecule has 2 aromatic rings. The molecule has 1 aromatic heterocycles. The maximum atomic E-state index is 13.0. The van der Waals surface area contributed by atoms with Gasteiger partial charge >= 0.3 is 6.18 Å². The number of halogens is 5. The number of nitrogens with zero attached hydrogens (tertiary/aromatic N) is 1. The van der Waals surface area contributed by atoms with Crippen molar-refractivity contribution in [3.63, 3.8) is 0 Å². The number of hydrogen-bond acceptors (Lipinski definition) is 3. The maximum absolute atomic E-state index is 13.0. The lowest BCUT2D eigenvalue weighted by molar-refractivity contribution is -0.164. The summed E-state index contributed by atoms with van der Waals surface area (Å²) in [5.41, 5.74) is 0.501. The van der Waals surface area contributed by atoms with Crippen LogP contribution >= 0.6 is 31.9 Å². The second kappa shape index (κ2) is 6.31. The largest absolute Gasteiger partial charge is 0.467 e. The molecule has 0 spiro atoms. The van der Waals surface area contributed by atoms with Gasteiger partial charge in [-0.15, -0.1) is 0 Å². The molecular weight excluding hydrogens is 419 g/mol. The topological polar surface area (TPSA) is 39.2 Å². The summed E-state index contributed by atoms with van der Waals surface area (Å²) in [4.78, 5) is 14.2. The number of fused-ring (bicyclic) bond motifs is 1. The number of carbonyl (C=O) groups excluding carboxylic acids is 1. The molecule has 3 nitrogen and oxygen atoms in total. The lowest BCUT2D eigenvalue weighted by atomic mass is 9.99. The Hall–Kier alpha value is -1.15. The van der Waals surface area contributed by atoms with Crippen LogP contribution < -0.4 is 0 Å². The van der Waals surface area contributed by atoms with Crippen LogP contribution in [0, 0.1) is 0 Å². The molecule has 8 heteroatoms. The summed E-state index contributed by atoms with van der Waals surface area (Å²) in [6.07, 6.45) is -3.38. The Balaban J connectivity index is 2.51. The summed E-state index contributed by atoms with van der Waals surface area (Å²) >= 11 is 6.58. The molecule has 0 aliphatic carbocycles. The van der Waals surface area contributed by atoms with Crippen LogP contribution in [0.25, 0.3) is 10.9 Å². The van der Waals surface area contributed by atoms with E-state index in [9.17, 15) is 18.0 Å². The number of pyridine rings is 1. The SMILES string of the molecule is O=COCC(c1cnc2c(Br)cc(Br)cc2c1)C(F)(F)F. The van der Waals surface area contributed by atoms with Crippen molar-refractivity contribution < 1.29 is 22.7 Å². The van der Waals surface area contributed by atoms with Crippen molar-refractivity contribution in [2.45, 2.75) is 12.1 Å². The fourth-order valence-electron chi connectivity index (χ4n) is 1.89. The summed E-state index contributed by atoms with van der Waals surface area (Å²) in [6, 6.07) is 4.82. The van der Waals surface area contributed by atoms with E-state index in [0.717, 1.165) is 6.20 Å². The zero-order valence-corrected chi connectivity index (χ0v) is 13.5. The molecule has 112 valence electrons. The van der Waals surface area contributed by atoms with Crippen molar-refractivity contribution in [2.24, 2.45) is 0 Å². The molecule has 1 heterocycles. The normalized spacial score (nSPS) is 13.2. The van der Waals surface area contributed by atoms with Gasteiger partial charge in [-0.1, -0.05) is 15.9 Å². The maximum Gasteiger partial charge on any atom is 0.399 e. The number of carbonyl (C=O) groups is 1. The van der Waals surface area contributed by atoms with E-state index in [4.69, 9.17) is 0 Å². The lowest BCUT2D eigenvalue weighted by Crippen LogP contribution is -2.25. The standard InChI is InChI=1S/C13H8Br2F3NO2/c14-9-2-7-1-8(4-19-12(7)11(15)3-9)10(5-21-6-20)13(16,17)18/h1-4,6,10H,5H2. The van der Waals surface area contributed by atoms with E-state index in [1.54, 1.807) is 12.1 Å². The highest BCUT2D eigenvalue weighted by Crippen LogP contribution is 2.36. The first-order chi connectivity index (χ1) is 9.82. The summed E-state index contributed by atoms with van der Waals surface area (Å²) in [6.45, 7) is -0.768. The first kappa shape index (κ1) is 16.2. The quantitative estimate of drug-likeness (QED) is 0.672.